The van der Waals surface area contributed by atoms with Gasteiger partial charge in [0, 0.05) is 34.8 Å². The number of hydrogen-bond acceptors (Lipinski definition) is 7. The number of aromatic nitrogens is 1. The van der Waals surface area contributed by atoms with E-state index in [2.05, 4.69) is 22.0 Å². The van der Waals surface area contributed by atoms with Crippen molar-refractivity contribution < 1.29 is 27.4 Å². The Morgan fingerprint density at radius 2 is 1.87 bits per heavy atom. The maximum Gasteiger partial charge on any atom is 0.323 e. The number of benzene rings is 2. The second-order valence-electron chi connectivity index (χ2n) is 8.81. The first-order valence-corrected chi connectivity index (χ1v) is 15.8. The summed E-state index contributed by atoms with van der Waals surface area (Å²) in [7, 11) is -4.21. The number of carboxylic acids is 1. The number of thiophene rings is 1. The summed E-state index contributed by atoms with van der Waals surface area (Å²) in [5.74, 6) is -1.28. The van der Waals surface area contributed by atoms with Crippen LogP contribution in [0.2, 0.25) is 0 Å². The zero-order valence-electron chi connectivity index (χ0n) is 20.0. The Labute approximate surface area is 237 Å². The Kier molecular flexibility index (Phi) is 7.92. The molecule has 0 bridgehead atoms. The summed E-state index contributed by atoms with van der Waals surface area (Å²) in [6, 6.07) is 20.1. The van der Waals surface area contributed by atoms with Crippen molar-refractivity contribution in [1.29, 1.82) is 0 Å². The number of aryl methyl sites for hydroxylation is 1. The zero-order chi connectivity index (χ0) is 26.9. The molecule has 196 valence electrons. The van der Waals surface area contributed by atoms with E-state index in [9.17, 15) is 22.9 Å². The lowest BCUT2D eigenvalue weighted by Gasteiger charge is -2.19. The number of pyridine rings is 1. The van der Waals surface area contributed by atoms with Gasteiger partial charge in [-0.05, 0) is 51.7 Å². The van der Waals surface area contributed by atoms with Gasteiger partial charge >= 0.3 is 5.97 Å². The monoisotopic (exact) mass is 630 g/mol. The van der Waals surface area contributed by atoms with Crippen LogP contribution in [-0.2, 0) is 21.5 Å². The molecule has 0 spiro atoms. The lowest BCUT2D eigenvalue weighted by molar-refractivity contribution is -0.671. The number of fused-ring (bicyclic) bond motifs is 2. The fourth-order valence-corrected chi connectivity index (χ4v) is 7.66. The van der Waals surface area contributed by atoms with Crippen molar-refractivity contribution in [3.8, 4) is 11.1 Å². The number of aliphatic carboxylic acids is 1. The number of thioether (sulfide) groups is 1. The van der Waals surface area contributed by atoms with E-state index in [-0.39, 0.29) is 12.3 Å². The Balaban J connectivity index is 1.48. The number of carboxylic acid groups (broad SMARTS) is 1. The number of nitrogens with zero attached hydrogens (tertiary/aromatic N) is 2. The molecular formula is C27H23BrN2O5S3. The summed E-state index contributed by atoms with van der Waals surface area (Å²) in [6.45, 7) is 0.427. The number of unbranched alkanes of at least 4 members (excludes halogenated alkanes) is 1. The summed E-state index contributed by atoms with van der Waals surface area (Å²) >= 11 is 6.71. The van der Waals surface area contributed by atoms with Gasteiger partial charge in [0.25, 0.3) is 0 Å². The molecule has 2 aromatic carbocycles. The topological polar surface area (TPSA) is 102 Å². The molecule has 0 atom stereocenters. The van der Waals surface area contributed by atoms with Gasteiger partial charge in [-0.15, -0.1) is 11.3 Å². The van der Waals surface area contributed by atoms with E-state index in [0.717, 1.165) is 46.3 Å². The van der Waals surface area contributed by atoms with Crippen molar-refractivity contribution in [3.05, 3.63) is 81.2 Å². The SMILES string of the molecule is O=C(O)CN1C(=Cc2cc[n+](CCCCS(=O)(=O)[O-])c3cc(Br)sc23)Sc2ccc(-c3ccccc3)cc21. The average molecular weight is 632 g/mol. The van der Waals surface area contributed by atoms with E-state index in [1.807, 2.05) is 76.3 Å². The van der Waals surface area contributed by atoms with Gasteiger partial charge < -0.3 is 14.6 Å². The number of carbonyl (C=O) groups is 1. The first-order valence-electron chi connectivity index (χ1n) is 11.8. The van der Waals surface area contributed by atoms with Crippen molar-refractivity contribution in [2.75, 3.05) is 17.2 Å². The fourth-order valence-electron chi connectivity index (χ4n) is 4.42. The van der Waals surface area contributed by atoms with Crippen LogP contribution in [0.5, 0.6) is 0 Å². The number of rotatable bonds is 9. The van der Waals surface area contributed by atoms with Crippen LogP contribution >= 0.6 is 39.0 Å². The van der Waals surface area contributed by atoms with Gasteiger partial charge in [0.2, 0.25) is 5.52 Å². The van der Waals surface area contributed by atoms with Crippen LogP contribution in [0.25, 0.3) is 27.4 Å². The Bertz CT molecular complexity index is 1650. The van der Waals surface area contributed by atoms with Gasteiger partial charge in [-0.3, -0.25) is 4.79 Å². The maximum absolute atomic E-state index is 11.8. The van der Waals surface area contributed by atoms with Gasteiger partial charge in [-0.2, -0.15) is 4.57 Å². The Morgan fingerprint density at radius 1 is 1.08 bits per heavy atom. The molecule has 0 saturated carbocycles. The molecule has 1 aliphatic rings. The van der Waals surface area contributed by atoms with Crippen molar-refractivity contribution in [2.45, 2.75) is 24.3 Å². The highest BCUT2D eigenvalue weighted by Crippen LogP contribution is 2.48. The van der Waals surface area contributed by atoms with Crippen LogP contribution in [-0.4, -0.2) is 36.3 Å². The second kappa shape index (κ2) is 11.2. The molecule has 0 radical (unpaired) electrons. The molecule has 11 heteroatoms. The molecule has 1 N–H and O–H groups in total. The van der Waals surface area contributed by atoms with Gasteiger partial charge in [0.15, 0.2) is 6.20 Å². The molecule has 0 amide bonds. The molecule has 38 heavy (non-hydrogen) atoms. The van der Waals surface area contributed by atoms with E-state index in [1.54, 1.807) is 23.1 Å². The van der Waals surface area contributed by atoms with Gasteiger partial charge in [-0.25, -0.2) is 8.42 Å². The minimum absolute atomic E-state index is 0.156. The highest BCUT2D eigenvalue weighted by Gasteiger charge is 2.28. The van der Waals surface area contributed by atoms with Crippen LogP contribution in [0.3, 0.4) is 0 Å². The van der Waals surface area contributed by atoms with Gasteiger partial charge in [-0.1, -0.05) is 48.2 Å². The van der Waals surface area contributed by atoms with E-state index in [1.165, 1.54) is 0 Å². The normalized spacial score (nSPS) is 14.4. The summed E-state index contributed by atoms with van der Waals surface area (Å²) < 4.78 is 36.8. The fraction of sp³-hybridized carbons (Fsp3) is 0.185. The lowest BCUT2D eigenvalue weighted by Crippen LogP contribution is -2.34. The van der Waals surface area contributed by atoms with E-state index in [0.29, 0.717) is 19.4 Å². The van der Waals surface area contributed by atoms with Crippen LogP contribution in [0.15, 0.2) is 80.6 Å². The summed E-state index contributed by atoms with van der Waals surface area (Å²) in [6.07, 6.45) is 4.84. The molecular weight excluding hydrogens is 608 g/mol. The van der Waals surface area contributed by atoms with Gasteiger partial charge in [0.05, 0.1) is 24.6 Å². The average Bonchev–Trinajstić information content (AvgIpc) is 3.42. The largest absolute Gasteiger partial charge is 0.748 e. The van der Waals surface area contributed by atoms with Gasteiger partial charge in [0.1, 0.15) is 17.8 Å². The molecule has 3 heterocycles. The van der Waals surface area contributed by atoms with Crippen molar-refractivity contribution in [1.82, 2.24) is 0 Å². The summed E-state index contributed by atoms with van der Waals surface area (Å²) in [5, 5.41) is 10.5. The minimum atomic E-state index is -4.21. The Hall–Kier alpha value is -2.70. The van der Waals surface area contributed by atoms with Crippen molar-refractivity contribution in [2.24, 2.45) is 0 Å². The zero-order valence-corrected chi connectivity index (χ0v) is 24.1. The molecule has 0 unspecified atom stereocenters. The molecule has 1 aliphatic heterocycles. The third-order valence-corrected chi connectivity index (χ3v) is 9.72. The maximum atomic E-state index is 11.8. The third kappa shape index (κ3) is 6.13. The minimum Gasteiger partial charge on any atom is -0.748 e. The molecule has 0 aliphatic carbocycles. The second-order valence-corrected chi connectivity index (χ2v) is 13.8. The van der Waals surface area contributed by atoms with Crippen molar-refractivity contribution >= 4 is 77.1 Å². The third-order valence-electron chi connectivity index (χ3n) is 6.14. The van der Waals surface area contributed by atoms with Crippen LogP contribution in [0.1, 0.15) is 18.4 Å². The van der Waals surface area contributed by atoms with Crippen molar-refractivity contribution in [3.63, 3.8) is 0 Å². The highest BCUT2D eigenvalue weighted by atomic mass is 79.9. The predicted octanol–water partition coefficient (Wildman–Crippen LogP) is 5.94. The van der Waals surface area contributed by atoms with E-state index in [4.69, 9.17) is 0 Å². The first-order chi connectivity index (χ1) is 18.2. The first kappa shape index (κ1) is 26.9. The van der Waals surface area contributed by atoms with Crippen LogP contribution < -0.4 is 9.47 Å². The molecule has 4 aromatic rings. The predicted molar refractivity (Wildman–Crippen MR) is 154 cm³/mol. The lowest BCUT2D eigenvalue weighted by atomic mass is 10.0. The summed E-state index contributed by atoms with van der Waals surface area (Å²) in [4.78, 5) is 14.7. The summed E-state index contributed by atoms with van der Waals surface area (Å²) in [5.41, 5.74) is 4.91. The molecule has 7 nitrogen and oxygen atoms in total. The number of halogens is 1. The number of hydrogen-bond donors (Lipinski definition) is 1. The molecule has 5 rings (SSSR count). The smallest absolute Gasteiger partial charge is 0.323 e. The standard InChI is InChI=1S/C27H23BrN2O5S3/c28-24-16-22-27(37-24)20(10-12-29(22)11-4-5-13-38(33,34)35)15-25-30(17-26(31)32)21-14-19(8-9-23(21)36-25)18-6-2-1-3-7-18/h1-3,6-10,12,14-16H,4-5,11,13,17H2,(H-,31,32,33,34,35). The van der Waals surface area contributed by atoms with E-state index >= 15 is 0 Å². The quantitative estimate of drug-likeness (QED) is 0.139. The van der Waals surface area contributed by atoms with Crippen LogP contribution in [0.4, 0.5) is 5.69 Å². The highest BCUT2D eigenvalue weighted by molar-refractivity contribution is 9.11. The molecule has 0 fully saturated rings. The Morgan fingerprint density at radius 3 is 2.61 bits per heavy atom. The molecule has 0 saturated heterocycles. The van der Waals surface area contributed by atoms with Crippen LogP contribution in [0, 0.1) is 0 Å². The number of anilines is 1. The molecule has 2 aromatic heterocycles. The van der Waals surface area contributed by atoms with E-state index < -0.39 is 16.1 Å².